The zero-order chi connectivity index (χ0) is 20.2. The molecule has 1 saturated heterocycles. The molecule has 0 aliphatic carbocycles. The van der Waals surface area contributed by atoms with E-state index < -0.39 is 0 Å². The molecule has 1 atom stereocenters. The van der Waals surface area contributed by atoms with Crippen LogP contribution in [0.3, 0.4) is 0 Å². The number of rotatable bonds is 5. The molecule has 6 heteroatoms. The number of fused-ring (bicyclic) bond motifs is 1. The van der Waals surface area contributed by atoms with Crippen molar-refractivity contribution in [2.24, 2.45) is 5.92 Å². The topological polar surface area (TPSA) is 67.4 Å². The van der Waals surface area contributed by atoms with Crippen LogP contribution in [-0.4, -0.2) is 36.1 Å². The van der Waals surface area contributed by atoms with Gasteiger partial charge in [0.2, 0.25) is 5.91 Å². The second-order valence-corrected chi connectivity index (χ2v) is 7.47. The van der Waals surface area contributed by atoms with E-state index in [0.29, 0.717) is 24.8 Å². The van der Waals surface area contributed by atoms with Gasteiger partial charge in [-0.05, 0) is 43.0 Å². The van der Waals surface area contributed by atoms with E-state index >= 15 is 0 Å². The van der Waals surface area contributed by atoms with Gasteiger partial charge in [0.05, 0.1) is 24.1 Å². The van der Waals surface area contributed by atoms with Gasteiger partial charge in [-0.2, -0.15) is 0 Å². The SMILES string of the molecule is COc1nc2ccccc2nc1N1CCCC(C(=O)NCc2ccccc2C)C1. The average molecular weight is 390 g/mol. The summed E-state index contributed by atoms with van der Waals surface area (Å²) in [5.74, 6) is 1.23. The summed E-state index contributed by atoms with van der Waals surface area (Å²) in [7, 11) is 1.61. The third-order valence-electron chi connectivity index (χ3n) is 5.52. The lowest BCUT2D eigenvalue weighted by Crippen LogP contribution is -2.43. The number of anilines is 1. The van der Waals surface area contributed by atoms with Crippen LogP contribution < -0.4 is 15.0 Å². The van der Waals surface area contributed by atoms with Crippen molar-refractivity contribution < 1.29 is 9.53 Å². The maximum Gasteiger partial charge on any atom is 0.257 e. The summed E-state index contributed by atoms with van der Waals surface area (Å²) in [5.41, 5.74) is 3.97. The highest BCUT2D eigenvalue weighted by molar-refractivity contribution is 5.80. The summed E-state index contributed by atoms with van der Waals surface area (Å²) in [6.07, 6.45) is 1.81. The van der Waals surface area contributed by atoms with Crippen molar-refractivity contribution in [3.05, 3.63) is 59.7 Å². The number of methoxy groups -OCH3 is 1. The van der Waals surface area contributed by atoms with Crippen LogP contribution in [0, 0.1) is 12.8 Å². The Morgan fingerprint density at radius 2 is 1.86 bits per heavy atom. The van der Waals surface area contributed by atoms with E-state index in [1.54, 1.807) is 7.11 Å². The molecule has 1 aliphatic rings. The van der Waals surface area contributed by atoms with Crippen molar-refractivity contribution in [3.8, 4) is 5.88 Å². The number of benzene rings is 2. The zero-order valence-corrected chi connectivity index (χ0v) is 16.9. The normalized spacial score (nSPS) is 16.6. The van der Waals surface area contributed by atoms with Gasteiger partial charge in [-0.15, -0.1) is 0 Å². The summed E-state index contributed by atoms with van der Waals surface area (Å²) < 4.78 is 5.51. The van der Waals surface area contributed by atoms with Gasteiger partial charge in [-0.3, -0.25) is 4.79 Å². The molecule has 1 fully saturated rings. The smallest absolute Gasteiger partial charge is 0.257 e. The summed E-state index contributed by atoms with van der Waals surface area (Å²) in [6.45, 7) is 4.07. The number of amides is 1. The number of carbonyl (C=O) groups is 1. The number of carbonyl (C=O) groups excluding carboxylic acids is 1. The predicted octanol–water partition coefficient (Wildman–Crippen LogP) is 3.48. The molecule has 6 nitrogen and oxygen atoms in total. The second kappa shape index (κ2) is 8.47. The molecule has 1 aliphatic heterocycles. The monoisotopic (exact) mass is 390 g/mol. The Morgan fingerprint density at radius 1 is 1.14 bits per heavy atom. The molecular formula is C23H26N4O2. The summed E-state index contributed by atoms with van der Waals surface area (Å²) >= 11 is 0. The van der Waals surface area contributed by atoms with E-state index in [9.17, 15) is 4.79 Å². The standard InChI is InChI=1S/C23H26N4O2/c1-16-8-3-4-9-17(16)14-24-22(28)18-10-7-13-27(15-18)21-23(29-2)26-20-12-6-5-11-19(20)25-21/h3-6,8-9,11-12,18H,7,10,13-15H2,1-2H3,(H,24,28). The largest absolute Gasteiger partial charge is 0.478 e. The lowest BCUT2D eigenvalue weighted by molar-refractivity contribution is -0.125. The highest BCUT2D eigenvalue weighted by atomic mass is 16.5. The summed E-state index contributed by atoms with van der Waals surface area (Å²) in [4.78, 5) is 24.3. The third-order valence-corrected chi connectivity index (χ3v) is 5.52. The highest BCUT2D eigenvalue weighted by Gasteiger charge is 2.28. The van der Waals surface area contributed by atoms with E-state index in [2.05, 4.69) is 34.3 Å². The first-order chi connectivity index (χ1) is 14.2. The molecule has 3 aromatic rings. The van der Waals surface area contributed by atoms with Crippen LogP contribution in [-0.2, 0) is 11.3 Å². The summed E-state index contributed by atoms with van der Waals surface area (Å²) in [5, 5.41) is 3.11. The Morgan fingerprint density at radius 3 is 2.62 bits per heavy atom. The average Bonchev–Trinajstić information content (AvgIpc) is 2.77. The molecule has 0 saturated carbocycles. The van der Waals surface area contributed by atoms with E-state index in [-0.39, 0.29) is 11.8 Å². The van der Waals surface area contributed by atoms with Crippen LogP contribution in [0.25, 0.3) is 11.0 Å². The molecule has 1 amide bonds. The van der Waals surface area contributed by atoms with Crippen molar-refractivity contribution in [3.63, 3.8) is 0 Å². The van der Waals surface area contributed by atoms with Crippen LogP contribution in [0.15, 0.2) is 48.5 Å². The van der Waals surface area contributed by atoms with Gasteiger partial charge < -0.3 is 15.0 Å². The predicted molar refractivity (Wildman–Crippen MR) is 114 cm³/mol. The number of nitrogens with zero attached hydrogens (tertiary/aromatic N) is 3. The molecule has 29 heavy (non-hydrogen) atoms. The number of hydrogen-bond donors (Lipinski definition) is 1. The van der Waals surface area contributed by atoms with E-state index in [4.69, 9.17) is 9.72 Å². The van der Waals surface area contributed by atoms with Crippen molar-refractivity contribution >= 4 is 22.8 Å². The molecular weight excluding hydrogens is 364 g/mol. The van der Waals surface area contributed by atoms with E-state index in [1.165, 1.54) is 5.56 Å². The number of aryl methyl sites for hydroxylation is 1. The quantitative estimate of drug-likeness (QED) is 0.722. The van der Waals surface area contributed by atoms with Crippen molar-refractivity contribution in [2.45, 2.75) is 26.3 Å². The van der Waals surface area contributed by atoms with Gasteiger partial charge >= 0.3 is 0 Å². The number of ether oxygens (including phenoxy) is 1. The van der Waals surface area contributed by atoms with Crippen LogP contribution in [0.5, 0.6) is 5.88 Å². The van der Waals surface area contributed by atoms with Crippen molar-refractivity contribution in [1.29, 1.82) is 0 Å². The Bertz CT molecular complexity index is 1020. The summed E-state index contributed by atoms with van der Waals surface area (Å²) in [6, 6.07) is 15.9. The maximum absolute atomic E-state index is 12.8. The number of nitrogens with one attached hydrogen (secondary N) is 1. The molecule has 1 aromatic heterocycles. The molecule has 0 bridgehead atoms. The van der Waals surface area contributed by atoms with Crippen LogP contribution in [0.2, 0.25) is 0 Å². The van der Waals surface area contributed by atoms with Gasteiger partial charge in [-0.25, -0.2) is 9.97 Å². The number of piperidine rings is 1. The van der Waals surface area contributed by atoms with Crippen LogP contribution in [0.1, 0.15) is 24.0 Å². The molecule has 1 N–H and O–H groups in total. The molecule has 2 heterocycles. The van der Waals surface area contributed by atoms with Crippen LogP contribution >= 0.6 is 0 Å². The Balaban J connectivity index is 1.49. The number of para-hydroxylation sites is 2. The molecule has 0 spiro atoms. The van der Waals surface area contributed by atoms with Gasteiger partial charge in [0.15, 0.2) is 5.82 Å². The first kappa shape index (κ1) is 19.2. The minimum Gasteiger partial charge on any atom is -0.478 e. The Kier molecular flexibility index (Phi) is 5.60. The lowest BCUT2D eigenvalue weighted by Gasteiger charge is -2.33. The van der Waals surface area contributed by atoms with Gasteiger partial charge in [0.1, 0.15) is 0 Å². The fourth-order valence-electron chi connectivity index (χ4n) is 3.84. The van der Waals surface area contributed by atoms with Crippen molar-refractivity contribution in [1.82, 2.24) is 15.3 Å². The number of hydrogen-bond acceptors (Lipinski definition) is 5. The van der Waals surface area contributed by atoms with Gasteiger partial charge in [-0.1, -0.05) is 36.4 Å². The Labute approximate surface area is 170 Å². The minimum absolute atomic E-state index is 0.0780. The molecule has 150 valence electrons. The van der Waals surface area contributed by atoms with Gasteiger partial charge in [0, 0.05) is 19.6 Å². The molecule has 4 rings (SSSR count). The maximum atomic E-state index is 12.8. The molecule has 2 aromatic carbocycles. The van der Waals surface area contributed by atoms with E-state index in [1.807, 2.05) is 36.4 Å². The molecule has 0 radical (unpaired) electrons. The van der Waals surface area contributed by atoms with Crippen LogP contribution in [0.4, 0.5) is 5.82 Å². The number of aromatic nitrogens is 2. The molecule has 1 unspecified atom stereocenters. The second-order valence-electron chi connectivity index (χ2n) is 7.47. The van der Waals surface area contributed by atoms with Crippen molar-refractivity contribution in [2.75, 3.05) is 25.1 Å². The lowest BCUT2D eigenvalue weighted by atomic mass is 9.97. The Hall–Kier alpha value is -3.15. The zero-order valence-electron chi connectivity index (χ0n) is 16.9. The van der Waals surface area contributed by atoms with E-state index in [0.717, 1.165) is 36.0 Å². The van der Waals surface area contributed by atoms with Gasteiger partial charge in [0.25, 0.3) is 5.88 Å². The first-order valence-corrected chi connectivity index (χ1v) is 10.0. The third kappa shape index (κ3) is 4.16. The minimum atomic E-state index is -0.0780. The first-order valence-electron chi connectivity index (χ1n) is 10.0. The highest BCUT2D eigenvalue weighted by Crippen LogP contribution is 2.30. The fourth-order valence-corrected chi connectivity index (χ4v) is 3.84. The fraction of sp³-hybridized carbons (Fsp3) is 0.348.